The molecule has 0 aromatic carbocycles. The maximum atomic E-state index is 4.66. The molecule has 6 rings (SSSR count). The molecule has 6 aromatic heterocycles. The number of hydrogen-bond acceptors (Lipinski definition) is 7. The summed E-state index contributed by atoms with van der Waals surface area (Å²) < 4.78 is 3.87. The Hall–Kier alpha value is -4.53. The summed E-state index contributed by atoms with van der Waals surface area (Å²) in [5.41, 5.74) is 4.10. The van der Waals surface area contributed by atoms with E-state index in [1.807, 2.05) is 64.3 Å². The number of fused-ring (bicyclic) bond motifs is 3. The lowest BCUT2D eigenvalue weighted by Crippen LogP contribution is -2.34. The van der Waals surface area contributed by atoms with Crippen molar-refractivity contribution in [1.82, 2.24) is 35.3 Å². The first-order chi connectivity index (χ1) is 14.8. The van der Waals surface area contributed by atoms with Crippen LogP contribution in [0.1, 0.15) is 0 Å². The van der Waals surface area contributed by atoms with Gasteiger partial charge in [0, 0.05) is 23.6 Å². The van der Waals surface area contributed by atoms with E-state index in [9.17, 15) is 0 Å². The molecule has 0 radical (unpaired) electrons. The van der Waals surface area contributed by atoms with Crippen molar-refractivity contribution < 1.29 is 9.13 Å². The van der Waals surface area contributed by atoms with E-state index in [0.29, 0.717) is 0 Å². The van der Waals surface area contributed by atoms with Crippen LogP contribution in [0.4, 0.5) is 0 Å². The summed E-state index contributed by atoms with van der Waals surface area (Å²) >= 11 is 0. The first-order valence-corrected chi connectivity index (χ1v) is 9.21. The van der Waals surface area contributed by atoms with Gasteiger partial charge in [0.05, 0.1) is 36.5 Å². The Morgan fingerprint density at radius 1 is 0.667 bits per heavy atom. The summed E-state index contributed by atoms with van der Waals surface area (Å²) in [4.78, 5) is 13.7. The third kappa shape index (κ3) is 2.76. The number of nitrogens with zero attached hydrogens (tertiary/aromatic N) is 9. The van der Waals surface area contributed by atoms with Gasteiger partial charge < -0.3 is 0 Å². The molecular weight excluding hydrogens is 378 g/mol. The topological polar surface area (TPSA) is 98.0 Å². The van der Waals surface area contributed by atoms with E-state index >= 15 is 0 Å². The standard InChI is InChI=1S/C21H13N9/c1-2-21(27-20-10-26-25-8-14(1)20)30-12-15-11-29(6-4-17(15)23-13-30)16-7-19-18(22-9-16)3-5-24-28-19/h1-13H/q+2. The number of rotatable bonds is 2. The van der Waals surface area contributed by atoms with Crippen molar-refractivity contribution in [2.45, 2.75) is 0 Å². The Balaban J connectivity index is 1.46. The highest BCUT2D eigenvalue weighted by molar-refractivity contribution is 5.77. The Morgan fingerprint density at radius 3 is 2.60 bits per heavy atom. The normalized spacial score (nSPS) is 11.3. The lowest BCUT2D eigenvalue weighted by atomic mass is 10.2. The van der Waals surface area contributed by atoms with Gasteiger partial charge in [0.1, 0.15) is 10.9 Å². The molecule has 9 heteroatoms. The van der Waals surface area contributed by atoms with Crippen molar-refractivity contribution in [3.63, 3.8) is 0 Å². The minimum absolute atomic E-state index is 0.743. The lowest BCUT2D eigenvalue weighted by molar-refractivity contribution is -0.604. The van der Waals surface area contributed by atoms with Crippen LogP contribution in [0.25, 0.3) is 44.3 Å². The van der Waals surface area contributed by atoms with Crippen LogP contribution >= 0.6 is 0 Å². The average Bonchev–Trinajstić information content (AvgIpc) is 2.82. The fraction of sp³-hybridized carbons (Fsp3) is 0. The fourth-order valence-electron chi connectivity index (χ4n) is 3.33. The van der Waals surface area contributed by atoms with Gasteiger partial charge in [-0.2, -0.15) is 19.9 Å². The van der Waals surface area contributed by atoms with E-state index in [0.717, 1.165) is 44.3 Å². The fourth-order valence-corrected chi connectivity index (χ4v) is 3.33. The van der Waals surface area contributed by atoms with Crippen molar-refractivity contribution in [1.29, 1.82) is 0 Å². The van der Waals surface area contributed by atoms with Crippen LogP contribution in [0, 0.1) is 0 Å². The molecule has 0 bridgehead atoms. The van der Waals surface area contributed by atoms with Crippen LogP contribution < -0.4 is 9.13 Å². The summed E-state index contributed by atoms with van der Waals surface area (Å²) in [5.74, 6) is 0.753. The van der Waals surface area contributed by atoms with Crippen LogP contribution in [-0.4, -0.2) is 35.3 Å². The van der Waals surface area contributed by atoms with E-state index in [4.69, 9.17) is 0 Å². The minimum Gasteiger partial charge on any atom is -0.248 e. The SMILES string of the molecule is c1cc2ncc(-[n+]3ccc4nc[n+](-c5ccc6cnncc6n5)cc4c3)cc2nn1. The first kappa shape index (κ1) is 16.4. The maximum Gasteiger partial charge on any atom is 0.267 e. The zero-order valence-corrected chi connectivity index (χ0v) is 15.5. The van der Waals surface area contributed by atoms with Gasteiger partial charge in [0.25, 0.3) is 5.82 Å². The Bertz CT molecular complexity index is 1450. The summed E-state index contributed by atoms with van der Waals surface area (Å²) in [6.45, 7) is 0. The third-order valence-electron chi connectivity index (χ3n) is 4.86. The van der Waals surface area contributed by atoms with E-state index < -0.39 is 0 Å². The number of aromatic nitrogens is 9. The predicted octanol–water partition coefficient (Wildman–Crippen LogP) is 1.46. The second-order valence-corrected chi connectivity index (χ2v) is 6.74. The van der Waals surface area contributed by atoms with Crippen LogP contribution in [0.2, 0.25) is 0 Å². The molecule has 0 saturated carbocycles. The molecule has 0 aliphatic carbocycles. The molecular formula is C21H13N9+2. The van der Waals surface area contributed by atoms with Gasteiger partial charge in [0.15, 0.2) is 23.4 Å². The van der Waals surface area contributed by atoms with Gasteiger partial charge in [0.2, 0.25) is 12.0 Å². The van der Waals surface area contributed by atoms with Crippen LogP contribution in [0.3, 0.4) is 0 Å². The molecule has 0 atom stereocenters. The first-order valence-electron chi connectivity index (χ1n) is 9.21. The smallest absolute Gasteiger partial charge is 0.248 e. The molecule has 9 nitrogen and oxygen atoms in total. The quantitative estimate of drug-likeness (QED) is 0.412. The monoisotopic (exact) mass is 391 g/mol. The third-order valence-corrected chi connectivity index (χ3v) is 4.86. The Labute approximate surface area is 169 Å². The van der Waals surface area contributed by atoms with Crippen molar-refractivity contribution in [3.8, 4) is 11.5 Å². The van der Waals surface area contributed by atoms with Crippen LogP contribution in [0.15, 0.2) is 80.0 Å². The summed E-state index contributed by atoms with van der Waals surface area (Å²) in [7, 11) is 0. The summed E-state index contributed by atoms with van der Waals surface area (Å²) in [6.07, 6.45) is 14.5. The van der Waals surface area contributed by atoms with Gasteiger partial charge in [-0.15, -0.1) is 15.1 Å². The highest BCUT2D eigenvalue weighted by Gasteiger charge is 2.14. The molecule has 0 amide bonds. The second kappa shape index (κ2) is 6.52. The van der Waals surface area contributed by atoms with Crippen molar-refractivity contribution in [3.05, 3.63) is 80.0 Å². The molecule has 30 heavy (non-hydrogen) atoms. The predicted molar refractivity (Wildman–Crippen MR) is 107 cm³/mol. The zero-order valence-electron chi connectivity index (χ0n) is 15.5. The average molecular weight is 391 g/mol. The van der Waals surface area contributed by atoms with Gasteiger partial charge >= 0.3 is 0 Å². The maximum absolute atomic E-state index is 4.66. The van der Waals surface area contributed by atoms with Gasteiger partial charge in [-0.25, -0.2) is 9.55 Å². The number of hydrogen-bond donors (Lipinski definition) is 0. The van der Waals surface area contributed by atoms with Gasteiger partial charge in [-0.3, -0.25) is 0 Å². The van der Waals surface area contributed by atoms with E-state index in [1.54, 1.807) is 24.9 Å². The molecule has 0 fully saturated rings. The Morgan fingerprint density at radius 2 is 1.60 bits per heavy atom. The summed E-state index contributed by atoms with van der Waals surface area (Å²) in [6, 6.07) is 9.66. The zero-order chi connectivity index (χ0) is 19.9. The van der Waals surface area contributed by atoms with E-state index in [1.165, 1.54) is 0 Å². The second-order valence-electron chi connectivity index (χ2n) is 6.74. The molecule has 0 N–H and O–H groups in total. The molecule has 0 spiro atoms. The molecule has 0 aliphatic rings. The molecule has 0 saturated heterocycles. The molecule has 6 aromatic rings. The van der Waals surface area contributed by atoms with Crippen molar-refractivity contribution >= 4 is 32.8 Å². The van der Waals surface area contributed by atoms with E-state index in [-0.39, 0.29) is 0 Å². The largest absolute Gasteiger partial charge is 0.267 e. The van der Waals surface area contributed by atoms with Crippen molar-refractivity contribution in [2.24, 2.45) is 0 Å². The highest BCUT2D eigenvalue weighted by Crippen LogP contribution is 2.12. The lowest BCUT2D eigenvalue weighted by Gasteiger charge is -2.01. The van der Waals surface area contributed by atoms with Gasteiger partial charge in [-0.05, 0) is 12.1 Å². The van der Waals surface area contributed by atoms with Crippen LogP contribution in [0.5, 0.6) is 0 Å². The van der Waals surface area contributed by atoms with Gasteiger partial charge in [-0.1, -0.05) is 0 Å². The Kier molecular flexibility index (Phi) is 3.57. The number of pyridine rings is 3. The highest BCUT2D eigenvalue weighted by atomic mass is 15.1. The summed E-state index contributed by atoms with van der Waals surface area (Å²) in [5, 5.41) is 17.8. The van der Waals surface area contributed by atoms with Crippen molar-refractivity contribution in [2.75, 3.05) is 0 Å². The van der Waals surface area contributed by atoms with E-state index in [2.05, 4.69) is 35.3 Å². The molecule has 6 heterocycles. The van der Waals surface area contributed by atoms with Crippen LogP contribution in [-0.2, 0) is 0 Å². The molecule has 0 aliphatic heterocycles. The minimum atomic E-state index is 0.743. The molecule has 0 unspecified atom stereocenters. The molecule has 140 valence electrons.